The Morgan fingerprint density at radius 3 is 2.31 bits per heavy atom. The number of hydrogen-bond donors (Lipinski definition) is 1. The van der Waals surface area contributed by atoms with Crippen LogP contribution in [0.4, 0.5) is 0 Å². The lowest BCUT2D eigenvalue weighted by atomic mass is 9.41. The van der Waals surface area contributed by atoms with Crippen LogP contribution in [0.1, 0.15) is 136 Å². The first kappa shape index (κ1) is 30.3. The highest BCUT2D eigenvalue weighted by molar-refractivity contribution is 5.60. The van der Waals surface area contributed by atoms with Crippen LogP contribution in [0.5, 0.6) is 5.75 Å². The zero-order valence-electron chi connectivity index (χ0n) is 27.0. The minimum absolute atomic E-state index is 0.0661. The highest BCUT2D eigenvalue weighted by atomic mass is 16.5. The molecule has 4 aliphatic carbocycles. The fourth-order valence-corrected chi connectivity index (χ4v) is 9.44. The van der Waals surface area contributed by atoms with E-state index in [-0.39, 0.29) is 16.8 Å². The molecule has 39 heavy (non-hydrogen) atoms. The summed E-state index contributed by atoms with van der Waals surface area (Å²) < 4.78 is 6.43. The van der Waals surface area contributed by atoms with Gasteiger partial charge in [-0.3, -0.25) is 0 Å². The molecule has 1 N–H and O–H groups in total. The molecule has 3 saturated carbocycles. The van der Waals surface area contributed by atoms with Gasteiger partial charge < -0.3 is 9.84 Å². The maximum atomic E-state index is 7.86. The topological polar surface area (TPSA) is 29.5 Å². The van der Waals surface area contributed by atoms with Crippen molar-refractivity contribution in [3.8, 4) is 5.75 Å². The van der Waals surface area contributed by atoms with Crippen molar-refractivity contribution in [1.82, 2.24) is 0 Å². The Bertz CT molecular complexity index is 1120. The maximum Gasteiger partial charge on any atom is 0.126 e. The molecule has 3 fully saturated rings. The van der Waals surface area contributed by atoms with E-state index in [9.17, 15) is 0 Å². The molecule has 0 bridgehead atoms. The first-order valence-electron chi connectivity index (χ1n) is 16.0. The van der Waals surface area contributed by atoms with Gasteiger partial charge in [0, 0.05) is 11.8 Å². The molecule has 218 valence electrons. The Hall–Kier alpha value is -1.70. The van der Waals surface area contributed by atoms with Crippen LogP contribution in [0.25, 0.3) is 0 Å². The second kappa shape index (κ2) is 10.6. The SMILES string of the molecule is C=C(C)O.CCC.Cc1c2c(cc3c1OC(C)(C)C3)C1(C)CCC3C4CC(C)CCC4(C)CCC3(C)C1=CC2. The van der Waals surface area contributed by atoms with Crippen molar-refractivity contribution >= 4 is 0 Å². The standard InChI is InChI=1S/C31H44O.C3H6O.C3H8/c1-19-10-12-29(5)14-15-31(7)23(25(29)16-19)11-13-30(6)24-17-21-18-28(3,4)32-27(21)20(2)22(24)8-9-26(30)31;1-3(2)4;1-3-2/h9,17,19,23,25H,8,10-16,18H2,1-7H3;4H,1H2,2H3;3H2,1-2H3. The predicted octanol–water partition coefficient (Wildman–Crippen LogP) is 10.6. The van der Waals surface area contributed by atoms with Crippen LogP contribution < -0.4 is 4.74 Å². The number of hydrogen-bond acceptors (Lipinski definition) is 2. The van der Waals surface area contributed by atoms with Gasteiger partial charge in [-0.05, 0) is 123 Å². The second-order valence-corrected chi connectivity index (χ2v) is 15.4. The number of allylic oxidation sites excluding steroid dienone is 3. The minimum Gasteiger partial charge on any atom is -0.513 e. The molecule has 2 nitrogen and oxygen atoms in total. The van der Waals surface area contributed by atoms with Gasteiger partial charge in [0.1, 0.15) is 11.4 Å². The van der Waals surface area contributed by atoms with Crippen molar-refractivity contribution in [3.63, 3.8) is 0 Å². The Kier molecular flexibility index (Phi) is 8.23. The summed E-state index contributed by atoms with van der Waals surface area (Å²) in [5, 5.41) is 7.86. The van der Waals surface area contributed by atoms with Gasteiger partial charge in [-0.1, -0.05) is 78.7 Å². The Labute approximate surface area is 240 Å². The molecule has 0 spiro atoms. The van der Waals surface area contributed by atoms with E-state index in [1.54, 1.807) is 11.1 Å². The van der Waals surface area contributed by atoms with E-state index in [1.165, 1.54) is 75.2 Å². The lowest BCUT2D eigenvalue weighted by Gasteiger charge is -2.64. The van der Waals surface area contributed by atoms with Crippen molar-refractivity contribution in [3.05, 3.63) is 52.3 Å². The molecule has 6 unspecified atom stereocenters. The maximum absolute atomic E-state index is 7.86. The number of aliphatic hydroxyl groups excluding tert-OH is 1. The number of aliphatic hydroxyl groups is 1. The Morgan fingerprint density at radius 1 is 1.03 bits per heavy atom. The lowest BCUT2D eigenvalue weighted by Crippen LogP contribution is -2.55. The number of benzene rings is 1. The lowest BCUT2D eigenvalue weighted by molar-refractivity contribution is -0.0808. The highest BCUT2D eigenvalue weighted by Gasteiger charge is 2.59. The van der Waals surface area contributed by atoms with Crippen LogP contribution in [-0.2, 0) is 18.3 Å². The summed E-state index contributed by atoms with van der Waals surface area (Å²) in [5.74, 6) is 4.08. The van der Waals surface area contributed by atoms with Crippen LogP contribution in [0, 0.1) is 35.5 Å². The molecule has 1 heterocycles. The largest absolute Gasteiger partial charge is 0.513 e. The third-order valence-electron chi connectivity index (χ3n) is 11.3. The molecule has 0 saturated heterocycles. The second-order valence-electron chi connectivity index (χ2n) is 15.4. The van der Waals surface area contributed by atoms with Crippen LogP contribution in [0.15, 0.2) is 30.1 Å². The molecular weight excluding hydrogens is 476 g/mol. The van der Waals surface area contributed by atoms with Crippen molar-refractivity contribution in [1.29, 1.82) is 0 Å². The van der Waals surface area contributed by atoms with Gasteiger partial charge in [0.05, 0.1) is 5.76 Å². The van der Waals surface area contributed by atoms with Crippen LogP contribution >= 0.6 is 0 Å². The van der Waals surface area contributed by atoms with Gasteiger partial charge >= 0.3 is 0 Å². The van der Waals surface area contributed by atoms with Gasteiger partial charge in [0.15, 0.2) is 0 Å². The summed E-state index contributed by atoms with van der Waals surface area (Å²) in [6.45, 7) is 26.1. The van der Waals surface area contributed by atoms with Gasteiger partial charge in [-0.15, -0.1) is 0 Å². The predicted molar refractivity (Wildman–Crippen MR) is 167 cm³/mol. The molecule has 2 heteroatoms. The van der Waals surface area contributed by atoms with Gasteiger partial charge in [-0.25, -0.2) is 0 Å². The number of fused-ring (bicyclic) bond motifs is 8. The molecule has 6 rings (SSSR count). The molecule has 0 amide bonds. The number of ether oxygens (including phenoxy) is 1. The zero-order chi connectivity index (χ0) is 29.0. The zero-order valence-corrected chi connectivity index (χ0v) is 27.0. The number of rotatable bonds is 0. The summed E-state index contributed by atoms with van der Waals surface area (Å²) in [7, 11) is 0. The summed E-state index contributed by atoms with van der Waals surface area (Å²) >= 11 is 0. The van der Waals surface area contributed by atoms with Crippen molar-refractivity contribution in [2.75, 3.05) is 0 Å². The smallest absolute Gasteiger partial charge is 0.126 e. The molecular formula is C37H58O2. The van der Waals surface area contributed by atoms with Crippen LogP contribution in [0.3, 0.4) is 0 Å². The quantitative estimate of drug-likeness (QED) is 0.265. The molecule has 5 aliphatic rings. The Morgan fingerprint density at radius 2 is 1.67 bits per heavy atom. The average molecular weight is 535 g/mol. The van der Waals surface area contributed by atoms with E-state index in [2.05, 4.69) is 81.0 Å². The van der Waals surface area contributed by atoms with Crippen molar-refractivity contribution in [2.45, 2.75) is 144 Å². The van der Waals surface area contributed by atoms with E-state index in [4.69, 9.17) is 9.84 Å². The summed E-state index contributed by atoms with van der Waals surface area (Å²) in [5.41, 5.74) is 9.03. The van der Waals surface area contributed by atoms with Crippen LogP contribution in [0.2, 0.25) is 0 Å². The molecule has 1 aromatic carbocycles. The van der Waals surface area contributed by atoms with Gasteiger partial charge in [0.2, 0.25) is 0 Å². The third-order valence-corrected chi connectivity index (χ3v) is 11.3. The first-order valence-corrected chi connectivity index (χ1v) is 16.0. The van der Waals surface area contributed by atoms with Gasteiger partial charge in [-0.2, -0.15) is 0 Å². The van der Waals surface area contributed by atoms with E-state index in [1.807, 2.05) is 5.57 Å². The molecule has 0 radical (unpaired) electrons. The summed E-state index contributed by atoms with van der Waals surface area (Å²) in [6.07, 6.45) is 16.1. The summed E-state index contributed by atoms with van der Waals surface area (Å²) in [6, 6.07) is 2.58. The molecule has 0 aromatic heterocycles. The van der Waals surface area contributed by atoms with E-state index in [0.717, 1.165) is 30.6 Å². The highest BCUT2D eigenvalue weighted by Crippen LogP contribution is 2.68. The Balaban J connectivity index is 0.000000456. The normalized spacial score (nSPS) is 37.0. The van der Waals surface area contributed by atoms with E-state index >= 15 is 0 Å². The van der Waals surface area contributed by atoms with E-state index in [0.29, 0.717) is 10.8 Å². The molecule has 1 aromatic rings. The molecule has 6 atom stereocenters. The summed E-state index contributed by atoms with van der Waals surface area (Å²) in [4.78, 5) is 0. The fourth-order valence-electron chi connectivity index (χ4n) is 9.44. The van der Waals surface area contributed by atoms with Crippen molar-refractivity contribution < 1.29 is 9.84 Å². The average Bonchev–Trinajstić information content (AvgIpc) is 3.15. The fraction of sp³-hybridized carbons (Fsp3) is 0.730. The minimum atomic E-state index is -0.0661. The van der Waals surface area contributed by atoms with Gasteiger partial charge in [0.25, 0.3) is 0 Å². The van der Waals surface area contributed by atoms with E-state index < -0.39 is 0 Å². The third kappa shape index (κ3) is 5.24. The first-order chi connectivity index (χ1) is 18.1. The molecule has 1 aliphatic heterocycles. The van der Waals surface area contributed by atoms with Crippen LogP contribution in [-0.4, -0.2) is 10.7 Å². The monoisotopic (exact) mass is 534 g/mol. The van der Waals surface area contributed by atoms with Crippen molar-refractivity contribution in [2.24, 2.45) is 28.6 Å².